The number of carbonyl (C=O) groups excluding carboxylic acids is 3. The number of rotatable bonds is 9. The Labute approximate surface area is 266 Å². The molecule has 0 spiro atoms. The molecule has 0 saturated heterocycles. The molecule has 3 aromatic heterocycles. The van der Waals surface area contributed by atoms with Crippen LogP contribution >= 0.6 is 0 Å². The number of nitrogens with zero attached hydrogens (tertiary/aromatic N) is 6. The van der Waals surface area contributed by atoms with Gasteiger partial charge in [-0.3, -0.25) is 24.4 Å². The van der Waals surface area contributed by atoms with Crippen molar-refractivity contribution >= 4 is 40.6 Å². The lowest BCUT2D eigenvalue weighted by atomic mass is 9.89. The van der Waals surface area contributed by atoms with Gasteiger partial charge in [0.15, 0.2) is 11.5 Å². The number of anilines is 4. The summed E-state index contributed by atoms with van der Waals surface area (Å²) in [6.07, 6.45) is 7.07. The summed E-state index contributed by atoms with van der Waals surface area (Å²) in [7, 11) is 3.75. The van der Waals surface area contributed by atoms with Crippen LogP contribution in [-0.4, -0.2) is 62.9 Å². The molecule has 7 rings (SSSR count). The Morgan fingerprint density at radius 3 is 2.52 bits per heavy atom. The van der Waals surface area contributed by atoms with Gasteiger partial charge in [0.2, 0.25) is 5.91 Å². The third-order valence-corrected chi connectivity index (χ3v) is 8.73. The molecule has 0 bridgehead atoms. The zero-order valence-electron chi connectivity index (χ0n) is 25.9. The molecule has 4 heterocycles. The van der Waals surface area contributed by atoms with Gasteiger partial charge < -0.3 is 25.8 Å². The summed E-state index contributed by atoms with van der Waals surface area (Å²) in [5, 5.41) is 17.6. The second kappa shape index (κ2) is 11.8. The molecule has 2 saturated carbocycles. The van der Waals surface area contributed by atoms with E-state index in [-0.39, 0.29) is 47.2 Å². The number of benzene rings is 1. The molecule has 46 heavy (non-hydrogen) atoms. The lowest BCUT2D eigenvalue weighted by molar-refractivity contribution is -0.117. The van der Waals surface area contributed by atoms with Crippen LogP contribution in [-0.2, 0) is 11.3 Å². The fourth-order valence-electron chi connectivity index (χ4n) is 5.72. The first-order valence-electron chi connectivity index (χ1n) is 15.5. The molecule has 234 valence electrons. The molecule has 3 amide bonds. The van der Waals surface area contributed by atoms with Crippen LogP contribution in [0.5, 0.6) is 0 Å². The monoisotopic (exact) mass is 617 g/mol. The van der Waals surface area contributed by atoms with E-state index in [2.05, 4.69) is 47.9 Å². The molecule has 2 fully saturated rings. The number of hydrogen-bond acceptors (Lipinski definition) is 9. The third-order valence-electron chi connectivity index (χ3n) is 8.73. The van der Waals surface area contributed by atoms with Gasteiger partial charge in [-0.1, -0.05) is 18.2 Å². The van der Waals surface area contributed by atoms with Crippen molar-refractivity contribution in [1.82, 2.24) is 30.4 Å². The Bertz CT molecular complexity index is 1840. The first-order chi connectivity index (χ1) is 22.3. The van der Waals surface area contributed by atoms with E-state index in [1.807, 2.05) is 49.5 Å². The summed E-state index contributed by atoms with van der Waals surface area (Å²) >= 11 is 0. The van der Waals surface area contributed by atoms with Gasteiger partial charge in [-0.15, -0.1) is 10.2 Å². The molecule has 1 atom stereocenters. The number of hydrogen-bond donors (Lipinski definition) is 3. The molecular formula is C34H35N9O3. The van der Waals surface area contributed by atoms with Crippen molar-refractivity contribution in [2.45, 2.75) is 51.2 Å². The Morgan fingerprint density at radius 1 is 0.957 bits per heavy atom. The van der Waals surface area contributed by atoms with Crippen molar-refractivity contribution in [3.63, 3.8) is 0 Å². The van der Waals surface area contributed by atoms with Gasteiger partial charge >= 0.3 is 0 Å². The second-order valence-electron chi connectivity index (χ2n) is 12.3. The van der Waals surface area contributed by atoms with E-state index >= 15 is 0 Å². The van der Waals surface area contributed by atoms with Gasteiger partial charge in [0.25, 0.3) is 11.8 Å². The zero-order chi connectivity index (χ0) is 31.9. The summed E-state index contributed by atoms with van der Waals surface area (Å²) < 4.78 is 0. The molecule has 0 radical (unpaired) electrons. The average Bonchev–Trinajstić information content (AvgIpc) is 3.99. The minimum absolute atomic E-state index is 0.00177. The highest BCUT2D eigenvalue weighted by molar-refractivity contribution is 6.02. The fourth-order valence-corrected chi connectivity index (χ4v) is 5.72. The maximum Gasteiger partial charge on any atom is 0.274 e. The van der Waals surface area contributed by atoms with Crippen LogP contribution in [0.3, 0.4) is 0 Å². The van der Waals surface area contributed by atoms with Crippen LogP contribution in [0.4, 0.5) is 22.9 Å². The molecule has 12 nitrogen and oxygen atoms in total. The van der Waals surface area contributed by atoms with E-state index in [1.165, 1.54) is 0 Å². The Hall–Kier alpha value is -5.39. The lowest BCUT2D eigenvalue weighted by Crippen LogP contribution is -2.30. The minimum atomic E-state index is -0.316. The summed E-state index contributed by atoms with van der Waals surface area (Å²) in [6.45, 7) is 2.46. The van der Waals surface area contributed by atoms with Gasteiger partial charge in [0.05, 0.1) is 35.3 Å². The lowest BCUT2D eigenvalue weighted by Gasteiger charge is -2.37. The smallest absolute Gasteiger partial charge is 0.274 e. The quantitative estimate of drug-likeness (QED) is 0.243. The van der Waals surface area contributed by atoms with Crippen molar-refractivity contribution in [2.75, 3.05) is 29.6 Å². The van der Waals surface area contributed by atoms with Crippen LogP contribution in [0.2, 0.25) is 0 Å². The summed E-state index contributed by atoms with van der Waals surface area (Å²) in [6, 6.07) is 15.1. The predicted molar refractivity (Wildman–Crippen MR) is 174 cm³/mol. The van der Waals surface area contributed by atoms with E-state index in [0.29, 0.717) is 17.9 Å². The maximum absolute atomic E-state index is 13.4. The number of carbonyl (C=O) groups is 3. The van der Waals surface area contributed by atoms with Crippen LogP contribution < -0.4 is 20.9 Å². The second-order valence-corrected chi connectivity index (χ2v) is 12.3. The SMILES string of the molecule is CC1c2cc(C(=O)N(C)Cc3ccccn3)ncc2-c2cccc(Nc3cc(NC(=O)C4CC4)nnc3C(=O)NC3CC3)c2N1C. The molecular weight excluding hydrogens is 582 g/mol. The molecule has 3 N–H and O–H groups in total. The molecule has 12 heteroatoms. The molecule has 1 aromatic carbocycles. The Morgan fingerprint density at radius 2 is 1.78 bits per heavy atom. The highest BCUT2D eigenvalue weighted by atomic mass is 16.2. The molecule has 4 aromatic rings. The van der Waals surface area contributed by atoms with Gasteiger partial charge in [0.1, 0.15) is 5.69 Å². The normalized spacial score (nSPS) is 16.6. The van der Waals surface area contributed by atoms with Crippen molar-refractivity contribution < 1.29 is 14.4 Å². The van der Waals surface area contributed by atoms with Crippen LogP contribution in [0.1, 0.15) is 70.9 Å². The van der Waals surface area contributed by atoms with Crippen molar-refractivity contribution in [1.29, 1.82) is 0 Å². The van der Waals surface area contributed by atoms with E-state index in [9.17, 15) is 14.4 Å². The first-order valence-corrected chi connectivity index (χ1v) is 15.5. The van der Waals surface area contributed by atoms with Crippen molar-refractivity contribution in [3.05, 3.63) is 83.6 Å². The molecule has 2 aliphatic carbocycles. The van der Waals surface area contributed by atoms with E-state index in [4.69, 9.17) is 0 Å². The highest BCUT2D eigenvalue weighted by Crippen LogP contribution is 2.48. The number of nitrogens with one attached hydrogen (secondary N) is 3. The van der Waals surface area contributed by atoms with Crippen LogP contribution in [0, 0.1) is 5.92 Å². The van der Waals surface area contributed by atoms with Crippen LogP contribution in [0.25, 0.3) is 11.1 Å². The largest absolute Gasteiger partial charge is 0.366 e. The van der Waals surface area contributed by atoms with Gasteiger partial charge in [0, 0.05) is 55.6 Å². The molecule has 1 unspecified atom stereocenters. The zero-order valence-corrected chi connectivity index (χ0v) is 25.9. The number of para-hydroxylation sites is 1. The fraction of sp³-hybridized carbons (Fsp3) is 0.324. The third kappa shape index (κ3) is 5.85. The standard InChI is InChI=1S/C34H35N9O3/c1-19-24-15-28(34(46)42(2)18-22-7-4-5-14-35-22)36-17-25(24)23-8-6-9-26(31(23)43(19)3)38-27-16-29(39-32(44)20-10-11-20)40-41-30(27)33(45)37-21-12-13-21/h4-9,14-17,19-21H,10-13,18H2,1-3H3,(H,37,45)(H2,38,39,40,44). The number of amides is 3. The first kappa shape index (κ1) is 29.3. The van der Waals surface area contributed by atoms with Gasteiger partial charge in [-0.2, -0.15) is 0 Å². The average molecular weight is 618 g/mol. The number of aromatic nitrogens is 4. The number of pyridine rings is 2. The minimum Gasteiger partial charge on any atom is -0.366 e. The van der Waals surface area contributed by atoms with Crippen molar-refractivity contribution in [3.8, 4) is 11.1 Å². The molecule has 1 aliphatic heterocycles. The van der Waals surface area contributed by atoms with Gasteiger partial charge in [-0.25, -0.2) is 0 Å². The summed E-state index contributed by atoms with van der Waals surface area (Å²) in [5.74, 6) is -0.308. The highest BCUT2D eigenvalue weighted by Gasteiger charge is 2.32. The maximum atomic E-state index is 13.4. The Kier molecular flexibility index (Phi) is 7.55. The number of fused-ring (bicyclic) bond motifs is 3. The van der Waals surface area contributed by atoms with E-state index < -0.39 is 0 Å². The van der Waals surface area contributed by atoms with E-state index in [1.54, 1.807) is 30.4 Å². The van der Waals surface area contributed by atoms with Crippen LogP contribution in [0.15, 0.2) is 60.9 Å². The van der Waals surface area contributed by atoms with Gasteiger partial charge in [-0.05, 0) is 62.4 Å². The summed E-state index contributed by atoms with van der Waals surface area (Å²) in [4.78, 5) is 51.7. The van der Waals surface area contributed by atoms with Crippen molar-refractivity contribution in [2.24, 2.45) is 5.92 Å². The Balaban J connectivity index is 1.20. The molecule has 3 aliphatic rings. The topological polar surface area (TPSA) is 145 Å². The van der Waals surface area contributed by atoms with E-state index in [0.717, 1.165) is 59.4 Å². The summed E-state index contributed by atoms with van der Waals surface area (Å²) in [5.41, 5.74) is 6.25. The predicted octanol–water partition coefficient (Wildman–Crippen LogP) is 4.70.